The number of aromatic nitrogens is 2. The van der Waals surface area contributed by atoms with Crippen molar-refractivity contribution in [2.24, 2.45) is 15.4 Å². The fourth-order valence-corrected chi connectivity index (χ4v) is 6.20. The Balaban J connectivity index is 0.000000360. The molecule has 0 unspecified atom stereocenters. The molecule has 0 bridgehead atoms. The number of nitrogens with one attached hydrogen (secondary N) is 1. The summed E-state index contributed by atoms with van der Waals surface area (Å²) in [5.74, 6) is -1.08. The zero-order chi connectivity index (χ0) is 37.9. The summed E-state index contributed by atoms with van der Waals surface area (Å²) in [5.41, 5.74) is 9.54. The van der Waals surface area contributed by atoms with Crippen LogP contribution in [0.25, 0.3) is 0 Å². The van der Waals surface area contributed by atoms with E-state index >= 15 is 0 Å². The second-order valence-electron chi connectivity index (χ2n) is 13.9. The van der Waals surface area contributed by atoms with Crippen LogP contribution >= 0.6 is 39.7 Å². The quantitative estimate of drug-likeness (QED) is 0.102. The number of aryl methyl sites for hydroxylation is 4. The van der Waals surface area contributed by atoms with E-state index in [9.17, 15) is 9.59 Å². The Bertz CT molecular complexity index is 1860. The van der Waals surface area contributed by atoms with Gasteiger partial charge in [-0.25, -0.2) is 24.7 Å². The van der Waals surface area contributed by atoms with E-state index in [0.717, 1.165) is 63.2 Å². The average Bonchev–Trinajstić information content (AvgIpc) is 3.75. The van der Waals surface area contributed by atoms with Gasteiger partial charge in [0.25, 0.3) is 5.91 Å². The van der Waals surface area contributed by atoms with Crippen molar-refractivity contribution >= 4 is 75.6 Å². The highest BCUT2D eigenvalue weighted by atomic mass is 79.9. The first-order chi connectivity index (χ1) is 24.0. The van der Waals surface area contributed by atoms with Crippen molar-refractivity contribution in [3.05, 3.63) is 89.8 Å². The maximum absolute atomic E-state index is 12.3. The van der Waals surface area contributed by atoms with E-state index in [0.29, 0.717) is 18.7 Å². The maximum Gasteiger partial charge on any atom is 0.355 e. The molecule has 10 nitrogen and oxygen atoms in total. The van der Waals surface area contributed by atoms with Gasteiger partial charge in [-0.3, -0.25) is 4.79 Å². The summed E-state index contributed by atoms with van der Waals surface area (Å²) >= 11 is 2.91. The highest BCUT2D eigenvalue weighted by Crippen LogP contribution is 2.27. The molecular formula is C39H54BrN7O3S2. The number of carboxylic acid groups (broad SMARTS) is 1. The predicted molar refractivity (Wildman–Crippen MR) is 224 cm³/mol. The number of hydrogen-bond acceptors (Lipinski definition) is 8. The van der Waals surface area contributed by atoms with Crippen LogP contribution < -0.4 is 5.32 Å². The minimum atomic E-state index is -0.981. The van der Waals surface area contributed by atoms with Crippen molar-refractivity contribution in [2.45, 2.75) is 75.2 Å². The smallest absolute Gasteiger partial charge is 0.355 e. The van der Waals surface area contributed by atoms with Gasteiger partial charge in [-0.05, 0) is 92.5 Å². The van der Waals surface area contributed by atoms with Crippen molar-refractivity contribution in [2.75, 3.05) is 33.7 Å². The molecule has 0 spiro atoms. The van der Waals surface area contributed by atoms with Crippen LogP contribution in [0.5, 0.6) is 0 Å². The number of carboxylic acids is 1. The molecule has 2 heterocycles. The fraction of sp³-hybridized carbons (Fsp3) is 0.436. The topological polar surface area (TPSA) is 123 Å². The number of halogens is 1. The number of rotatable bonds is 13. The Morgan fingerprint density at radius 2 is 1.19 bits per heavy atom. The highest BCUT2D eigenvalue weighted by Gasteiger charge is 2.16. The molecule has 0 atom stereocenters. The standard InChI is InChI=1S/C22H32N4OS.C17H21N3O2S.BrH/c1-8-26(7)14-24-18-10-15(2)17(9-16(18)3)11-20-25-19(12-28-20)21(27)23-13-22(4,5)6;1-5-20(4)10-18-14-7-11(2)13(6-12(14)3)8-16-19-15(9-23-16)17(21)22;/h9-10,12,14H,8,11,13H2,1-7H3,(H,23,27);6-7,9-10H,5,8H2,1-4H3,(H,21,22);1H. The minimum Gasteiger partial charge on any atom is -0.476 e. The van der Waals surface area contributed by atoms with Crippen molar-refractivity contribution < 1.29 is 14.7 Å². The highest BCUT2D eigenvalue weighted by molar-refractivity contribution is 8.93. The first-order valence-electron chi connectivity index (χ1n) is 17.1. The second kappa shape index (κ2) is 20.3. The van der Waals surface area contributed by atoms with Crippen LogP contribution in [0.15, 0.2) is 45.0 Å². The molecule has 0 fully saturated rings. The lowest BCUT2D eigenvalue weighted by Gasteiger charge is -2.18. The first-order valence-corrected chi connectivity index (χ1v) is 18.8. The molecule has 13 heteroatoms. The van der Waals surface area contributed by atoms with Crippen LogP contribution in [0.4, 0.5) is 11.4 Å². The number of aromatic carboxylic acids is 1. The molecule has 4 aromatic rings. The average molecular weight is 813 g/mol. The zero-order valence-corrected chi connectivity index (χ0v) is 35.7. The molecule has 0 saturated heterocycles. The molecule has 2 aromatic heterocycles. The number of hydrogen-bond donors (Lipinski definition) is 2. The number of thiazole rings is 2. The van der Waals surface area contributed by atoms with Crippen LogP contribution in [-0.4, -0.2) is 83.2 Å². The molecule has 4 rings (SSSR count). The van der Waals surface area contributed by atoms with E-state index in [1.165, 1.54) is 33.8 Å². The molecule has 0 saturated carbocycles. The predicted octanol–water partition coefficient (Wildman–Crippen LogP) is 8.98. The Morgan fingerprint density at radius 1 is 0.769 bits per heavy atom. The molecular weight excluding hydrogens is 759 g/mol. The third-order valence-corrected chi connectivity index (χ3v) is 9.81. The SMILES string of the molecule is Br.CCN(C)C=Nc1cc(C)c(Cc2nc(C(=O)NCC(C)(C)C)cs2)cc1C.CCN(C)C=Nc1cc(C)c(Cc2nc(C(=O)O)cs2)cc1C. The van der Waals surface area contributed by atoms with Crippen molar-refractivity contribution in [3.8, 4) is 0 Å². The maximum atomic E-state index is 12.3. The summed E-state index contributed by atoms with van der Waals surface area (Å²) in [6, 6.07) is 8.47. The Kier molecular flexibility index (Phi) is 17.3. The zero-order valence-electron chi connectivity index (χ0n) is 32.3. The molecule has 52 heavy (non-hydrogen) atoms. The van der Waals surface area contributed by atoms with Gasteiger partial charge in [-0.1, -0.05) is 32.9 Å². The third-order valence-electron chi connectivity index (χ3n) is 8.11. The van der Waals surface area contributed by atoms with E-state index < -0.39 is 5.97 Å². The van der Waals surface area contributed by atoms with Crippen molar-refractivity contribution in [3.63, 3.8) is 0 Å². The van der Waals surface area contributed by atoms with Crippen LogP contribution in [0.1, 0.15) is 99.0 Å². The lowest BCUT2D eigenvalue weighted by molar-refractivity contribution is 0.0691. The summed E-state index contributed by atoms with van der Waals surface area (Å²) in [4.78, 5) is 45.1. The van der Waals surface area contributed by atoms with Gasteiger partial charge in [-0.15, -0.1) is 39.7 Å². The van der Waals surface area contributed by atoms with Crippen molar-refractivity contribution in [1.82, 2.24) is 25.1 Å². The monoisotopic (exact) mass is 811 g/mol. The summed E-state index contributed by atoms with van der Waals surface area (Å²) < 4.78 is 0. The van der Waals surface area contributed by atoms with E-state index in [1.54, 1.807) is 5.38 Å². The van der Waals surface area contributed by atoms with Gasteiger partial charge in [0.2, 0.25) is 0 Å². The molecule has 0 radical (unpaired) electrons. The van der Waals surface area contributed by atoms with Gasteiger partial charge in [0.05, 0.1) is 34.1 Å². The summed E-state index contributed by atoms with van der Waals surface area (Å²) in [6.07, 6.45) is 5.07. The fourth-order valence-electron chi connectivity index (χ4n) is 4.61. The summed E-state index contributed by atoms with van der Waals surface area (Å²) in [7, 11) is 4.00. The van der Waals surface area contributed by atoms with E-state index in [1.807, 2.05) is 55.8 Å². The van der Waals surface area contributed by atoms with Gasteiger partial charge < -0.3 is 20.2 Å². The summed E-state index contributed by atoms with van der Waals surface area (Å²) in [5, 5.41) is 17.1. The molecule has 2 N–H and O–H groups in total. The van der Waals surface area contributed by atoms with Crippen LogP contribution in [-0.2, 0) is 12.8 Å². The molecule has 1 amide bonds. The van der Waals surface area contributed by atoms with Gasteiger partial charge in [0.1, 0.15) is 5.69 Å². The van der Waals surface area contributed by atoms with Gasteiger partial charge in [0, 0.05) is 57.3 Å². The number of aliphatic imine (C=N–C) groups is 2. The van der Waals surface area contributed by atoms with E-state index in [-0.39, 0.29) is 34.0 Å². The van der Waals surface area contributed by atoms with Gasteiger partial charge in [-0.2, -0.15) is 0 Å². The lowest BCUT2D eigenvalue weighted by Crippen LogP contribution is -2.32. The van der Waals surface area contributed by atoms with Gasteiger partial charge >= 0.3 is 5.97 Å². The number of benzene rings is 2. The van der Waals surface area contributed by atoms with Crippen molar-refractivity contribution in [1.29, 1.82) is 0 Å². The first kappa shape index (κ1) is 44.2. The van der Waals surface area contributed by atoms with Crippen LogP contribution in [0, 0.1) is 33.1 Å². The van der Waals surface area contributed by atoms with Crippen LogP contribution in [0.3, 0.4) is 0 Å². The molecule has 282 valence electrons. The molecule has 2 aromatic carbocycles. The molecule has 0 aliphatic heterocycles. The van der Waals surface area contributed by atoms with Crippen LogP contribution in [0.2, 0.25) is 0 Å². The number of carbonyl (C=O) groups excluding carboxylic acids is 1. The molecule has 0 aliphatic rings. The Labute approximate surface area is 327 Å². The number of nitrogens with zero attached hydrogens (tertiary/aromatic N) is 6. The molecule has 0 aliphatic carbocycles. The number of amides is 1. The normalized spacial score (nSPS) is 11.3. The minimum absolute atomic E-state index is 0. The Hall–Kier alpha value is -3.94. The summed E-state index contributed by atoms with van der Waals surface area (Å²) in [6.45, 7) is 21.2. The van der Waals surface area contributed by atoms with E-state index in [2.05, 4.69) is 98.0 Å². The number of carbonyl (C=O) groups is 2. The van der Waals surface area contributed by atoms with Gasteiger partial charge in [0.15, 0.2) is 5.69 Å². The lowest BCUT2D eigenvalue weighted by atomic mass is 9.97. The third kappa shape index (κ3) is 13.9. The van der Waals surface area contributed by atoms with E-state index in [4.69, 9.17) is 5.11 Å². The second-order valence-corrected chi connectivity index (χ2v) is 15.8. The Morgan fingerprint density at radius 3 is 1.58 bits per heavy atom. The largest absolute Gasteiger partial charge is 0.476 e.